The average Bonchev–Trinajstić information content (AvgIpc) is 2.55. The predicted molar refractivity (Wildman–Crippen MR) is 105 cm³/mol. The molecule has 140 valence electrons. The highest BCUT2D eigenvalue weighted by Crippen LogP contribution is 2.26. The smallest absolute Gasteiger partial charge is 0.303 e. The van der Waals surface area contributed by atoms with Crippen LogP contribution in [0.1, 0.15) is 40.7 Å². The largest absolute Gasteiger partial charge is 0.488 e. The molecule has 0 atom stereocenters. The third-order valence-electron chi connectivity index (χ3n) is 4.54. The first-order valence-corrected chi connectivity index (χ1v) is 9.04. The van der Waals surface area contributed by atoms with Crippen LogP contribution in [0.3, 0.4) is 0 Å². The summed E-state index contributed by atoms with van der Waals surface area (Å²) in [5, 5.41) is 8.74. The maximum atomic E-state index is 10.6. The summed E-state index contributed by atoms with van der Waals surface area (Å²) in [5.41, 5.74) is 5.93. The van der Waals surface area contributed by atoms with Crippen LogP contribution in [0.25, 0.3) is 0 Å². The van der Waals surface area contributed by atoms with Gasteiger partial charge in [-0.1, -0.05) is 36.4 Å². The Hall–Kier alpha value is -2.33. The fourth-order valence-corrected chi connectivity index (χ4v) is 3.17. The Bertz CT molecular complexity index is 732. The van der Waals surface area contributed by atoms with E-state index in [1.165, 1.54) is 16.7 Å². The zero-order valence-corrected chi connectivity index (χ0v) is 16.2. The minimum absolute atomic E-state index is 0.216. The fraction of sp³-hybridized carbons (Fsp3) is 0.409. The van der Waals surface area contributed by atoms with Gasteiger partial charge in [0.2, 0.25) is 0 Å². The summed E-state index contributed by atoms with van der Waals surface area (Å²) in [6.07, 6.45) is 0.884. The molecule has 2 rings (SSSR count). The van der Waals surface area contributed by atoms with E-state index in [4.69, 9.17) is 9.84 Å². The molecular formula is C22H29NO3. The third kappa shape index (κ3) is 5.88. The number of rotatable bonds is 9. The Morgan fingerprint density at radius 1 is 1.08 bits per heavy atom. The van der Waals surface area contributed by atoms with E-state index in [-0.39, 0.29) is 6.42 Å². The van der Waals surface area contributed by atoms with Gasteiger partial charge in [0.15, 0.2) is 0 Å². The second-order valence-corrected chi connectivity index (χ2v) is 7.01. The fourth-order valence-electron chi connectivity index (χ4n) is 3.17. The van der Waals surface area contributed by atoms with Crippen molar-refractivity contribution in [3.05, 3.63) is 64.2 Å². The Morgan fingerprint density at radius 3 is 2.35 bits per heavy atom. The van der Waals surface area contributed by atoms with Crippen molar-refractivity contribution in [2.24, 2.45) is 0 Å². The molecule has 0 amide bonds. The molecule has 4 heteroatoms. The van der Waals surface area contributed by atoms with Gasteiger partial charge < -0.3 is 14.7 Å². The number of hydrogen-bond donors (Lipinski definition) is 1. The van der Waals surface area contributed by atoms with Crippen LogP contribution < -0.4 is 4.74 Å². The number of carbonyl (C=O) groups is 1. The van der Waals surface area contributed by atoms with Crippen LogP contribution in [0.2, 0.25) is 0 Å². The molecule has 0 saturated heterocycles. The molecule has 0 spiro atoms. The molecule has 0 radical (unpaired) electrons. The van der Waals surface area contributed by atoms with Crippen molar-refractivity contribution >= 4 is 5.97 Å². The lowest BCUT2D eigenvalue weighted by Gasteiger charge is -2.19. The molecule has 0 aliphatic heterocycles. The number of carboxylic acids is 1. The van der Waals surface area contributed by atoms with Gasteiger partial charge >= 0.3 is 5.97 Å². The van der Waals surface area contributed by atoms with E-state index in [0.717, 1.165) is 30.0 Å². The van der Waals surface area contributed by atoms with E-state index in [0.29, 0.717) is 13.0 Å². The lowest BCUT2D eigenvalue weighted by molar-refractivity contribution is -0.137. The van der Waals surface area contributed by atoms with Gasteiger partial charge in [-0.15, -0.1) is 0 Å². The van der Waals surface area contributed by atoms with Gasteiger partial charge in [0.05, 0.1) is 0 Å². The molecule has 0 aromatic heterocycles. The quantitative estimate of drug-likeness (QED) is 0.720. The lowest BCUT2D eigenvalue weighted by atomic mass is 10.0. The highest BCUT2D eigenvalue weighted by molar-refractivity contribution is 5.66. The van der Waals surface area contributed by atoms with Gasteiger partial charge in [0, 0.05) is 13.0 Å². The Labute approximate surface area is 156 Å². The first kappa shape index (κ1) is 20.0. The molecule has 1 N–H and O–H groups in total. The van der Waals surface area contributed by atoms with Crippen molar-refractivity contribution in [1.29, 1.82) is 0 Å². The van der Waals surface area contributed by atoms with Crippen LogP contribution >= 0.6 is 0 Å². The molecule has 0 heterocycles. The Morgan fingerprint density at radius 2 is 1.73 bits per heavy atom. The topological polar surface area (TPSA) is 49.8 Å². The third-order valence-corrected chi connectivity index (χ3v) is 4.54. The number of nitrogens with zero attached hydrogens (tertiary/aromatic N) is 1. The van der Waals surface area contributed by atoms with Crippen molar-refractivity contribution < 1.29 is 14.6 Å². The first-order valence-electron chi connectivity index (χ1n) is 9.04. The highest BCUT2D eigenvalue weighted by Gasteiger charge is 2.10. The number of aliphatic carboxylic acids is 1. The Kier molecular flexibility index (Phi) is 7.22. The summed E-state index contributed by atoms with van der Waals surface area (Å²) < 4.78 is 6.11. The molecule has 0 aliphatic rings. The van der Waals surface area contributed by atoms with E-state index < -0.39 is 5.97 Å². The van der Waals surface area contributed by atoms with Crippen LogP contribution in [0.15, 0.2) is 36.4 Å². The second-order valence-electron chi connectivity index (χ2n) is 7.01. The maximum absolute atomic E-state index is 10.6. The van der Waals surface area contributed by atoms with E-state index in [1.807, 2.05) is 19.2 Å². The highest BCUT2D eigenvalue weighted by atomic mass is 16.5. The molecule has 0 aliphatic carbocycles. The molecule has 0 bridgehead atoms. The van der Waals surface area contributed by atoms with E-state index >= 15 is 0 Å². The maximum Gasteiger partial charge on any atom is 0.303 e. The molecule has 0 fully saturated rings. The van der Waals surface area contributed by atoms with Gasteiger partial charge in [0.1, 0.15) is 12.4 Å². The summed E-state index contributed by atoms with van der Waals surface area (Å²) in [6.45, 7) is 8.40. The zero-order valence-electron chi connectivity index (χ0n) is 16.2. The summed E-state index contributed by atoms with van der Waals surface area (Å²) in [7, 11) is 2.02. The van der Waals surface area contributed by atoms with Gasteiger partial charge in [-0.3, -0.25) is 4.79 Å². The van der Waals surface area contributed by atoms with Crippen LogP contribution in [-0.4, -0.2) is 29.6 Å². The van der Waals surface area contributed by atoms with Crippen molar-refractivity contribution in [2.45, 2.75) is 46.8 Å². The van der Waals surface area contributed by atoms with E-state index in [1.54, 1.807) is 0 Å². The average molecular weight is 355 g/mol. The number of carboxylic acid groups (broad SMARTS) is 1. The molecular weight excluding hydrogens is 326 g/mol. The van der Waals surface area contributed by atoms with Crippen LogP contribution in [0, 0.1) is 20.8 Å². The van der Waals surface area contributed by atoms with E-state index in [9.17, 15) is 4.79 Å². The van der Waals surface area contributed by atoms with Crippen molar-refractivity contribution in [3.8, 4) is 5.75 Å². The molecule has 2 aromatic rings. The number of benzene rings is 2. The number of ether oxygens (including phenoxy) is 1. The zero-order chi connectivity index (χ0) is 19.1. The van der Waals surface area contributed by atoms with E-state index in [2.05, 4.69) is 49.9 Å². The van der Waals surface area contributed by atoms with Crippen LogP contribution in [-0.2, 0) is 17.9 Å². The summed E-state index contributed by atoms with van der Waals surface area (Å²) in [6, 6.07) is 12.6. The summed E-state index contributed by atoms with van der Waals surface area (Å²) in [4.78, 5) is 12.8. The molecule has 0 unspecified atom stereocenters. The van der Waals surface area contributed by atoms with Gasteiger partial charge in [-0.2, -0.15) is 0 Å². The van der Waals surface area contributed by atoms with Crippen LogP contribution in [0.5, 0.6) is 5.75 Å². The lowest BCUT2D eigenvalue weighted by Crippen LogP contribution is -2.20. The van der Waals surface area contributed by atoms with Gasteiger partial charge in [0.25, 0.3) is 0 Å². The normalized spacial score (nSPS) is 11.0. The Balaban J connectivity index is 1.98. The summed E-state index contributed by atoms with van der Waals surface area (Å²) in [5.74, 6) is 0.214. The minimum Gasteiger partial charge on any atom is -0.488 e. The molecule has 0 saturated carbocycles. The first-order chi connectivity index (χ1) is 12.4. The number of hydrogen-bond acceptors (Lipinski definition) is 3. The summed E-state index contributed by atoms with van der Waals surface area (Å²) >= 11 is 0. The monoisotopic (exact) mass is 355 g/mol. The van der Waals surface area contributed by atoms with Crippen molar-refractivity contribution in [2.75, 3.05) is 13.6 Å². The predicted octanol–water partition coefficient (Wildman–Crippen LogP) is 4.49. The van der Waals surface area contributed by atoms with Crippen molar-refractivity contribution in [3.63, 3.8) is 0 Å². The van der Waals surface area contributed by atoms with Crippen LogP contribution in [0.4, 0.5) is 0 Å². The van der Waals surface area contributed by atoms with Gasteiger partial charge in [-0.25, -0.2) is 0 Å². The SMILES string of the molecule is Cc1ccccc1COc1c(C)cc(CN(C)CCCC(=O)O)cc1C. The standard InChI is InChI=1S/C22H29NO3/c1-16-8-5-6-9-20(16)15-26-22-17(2)12-19(13-18(22)3)14-23(4)11-7-10-21(24)25/h5-6,8-9,12-13H,7,10-11,14-15H2,1-4H3,(H,24,25). The molecule has 4 nitrogen and oxygen atoms in total. The second kappa shape index (κ2) is 9.39. The minimum atomic E-state index is -0.736. The molecule has 2 aromatic carbocycles. The molecule has 26 heavy (non-hydrogen) atoms. The van der Waals surface area contributed by atoms with Crippen molar-refractivity contribution in [1.82, 2.24) is 4.90 Å². The van der Waals surface area contributed by atoms with Gasteiger partial charge in [-0.05, 0) is 68.6 Å². The number of aryl methyl sites for hydroxylation is 3.